The van der Waals surface area contributed by atoms with Crippen molar-refractivity contribution in [3.8, 4) is 5.75 Å². The molecule has 0 N–H and O–H groups in total. The molecule has 0 radical (unpaired) electrons. The molecule has 2 aliphatic heterocycles. The van der Waals surface area contributed by atoms with Crippen LogP contribution in [0.3, 0.4) is 0 Å². The SMILES string of the molecule is CCOc1ccc(N2C(=O)[C@H]3[C@H](ON(c4ccccc4)[C@H]3c3ccc(F)c(F)c3)C2=O)cc1. The number of carbonyl (C=O) groups excluding carboxylic acids is 2. The molecule has 0 saturated carbocycles. The predicted molar refractivity (Wildman–Crippen MR) is 116 cm³/mol. The van der Waals surface area contributed by atoms with Gasteiger partial charge >= 0.3 is 0 Å². The Hall–Kier alpha value is -3.78. The molecule has 0 unspecified atom stereocenters. The van der Waals surface area contributed by atoms with Gasteiger partial charge in [0.05, 0.1) is 24.0 Å². The molecule has 0 aromatic heterocycles. The van der Waals surface area contributed by atoms with Gasteiger partial charge in [-0.2, -0.15) is 0 Å². The molecular weight excluding hydrogens is 430 g/mol. The fraction of sp³-hybridized carbons (Fsp3) is 0.200. The zero-order valence-corrected chi connectivity index (χ0v) is 17.7. The minimum Gasteiger partial charge on any atom is -0.494 e. The van der Waals surface area contributed by atoms with E-state index in [4.69, 9.17) is 9.57 Å². The van der Waals surface area contributed by atoms with Crippen molar-refractivity contribution in [1.82, 2.24) is 0 Å². The minimum atomic E-state index is -1.10. The molecule has 2 heterocycles. The van der Waals surface area contributed by atoms with Gasteiger partial charge in [-0.05, 0) is 61.0 Å². The van der Waals surface area contributed by atoms with Crippen molar-refractivity contribution in [2.24, 2.45) is 5.92 Å². The van der Waals surface area contributed by atoms with Crippen LogP contribution in [0.25, 0.3) is 0 Å². The summed E-state index contributed by atoms with van der Waals surface area (Å²) in [4.78, 5) is 33.9. The van der Waals surface area contributed by atoms with E-state index in [1.807, 2.05) is 13.0 Å². The molecule has 2 fully saturated rings. The van der Waals surface area contributed by atoms with Crippen LogP contribution in [0.2, 0.25) is 0 Å². The molecule has 3 aromatic rings. The van der Waals surface area contributed by atoms with Gasteiger partial charge in [0.25, 0.3) is 5.91 Å². The Balaban J connectivity index is 1.55. The highest BCUT2D eigenvalue weighted by Crippen LogP contribution is 2.47. The highest BCUT2D eigenvalue weighted by Gasteiger charge is 2.60. The van der Waals surface area contributed by atoms with Crippen molar-refractivity contribution < 1.29 is 27.9 Å². The van der Waals surface area contributed by atoms with Gasteiger partial charge in [-0.15, -0.1) is 0 Å². The summed E-state index contributed by atoms with van der Waals surface area (Å²) in [6.45, 7) is 2.35. The Kier molecular flexibility index (Phi) is 5.30. The number of anilines is 2. The number of fused-ring (bicyclic) bond motifs is 1. The van der Waals surface area contributed by atoms with Crippen LogP contribution in [0.5, 0.6) is 5.75 Å². The highest BCUT2D eigenvalue weighted by atomic mass is 19.2. The number of para-hydroxylation sites is 1. The number of carbonyl (C=O) groups is 2. The summed E-state index contributed by atoms with van der Waals surface area (Å²) < 4.78 is 33.2. The van der Waals surface area contributed by atoms with E-state index < -0.39 is 41.5 Å². The number of ether oxygens (including phenoxy) is 1. The van der Waals surface area contributed by atoms with E-state index in [1.54, 1.807) is 48.5 Å². The largest absolute Gasteiger partial charge is 0.494 e. The van der Waals surface area contributed by atoms with Crippen molar-refractivity contribution >= 4 is 23.2 Å². The van der Waals surface area contributed by atoms with Gasteiger partial charge in [-0.1, -0.05) is 24.3 Å². The summed E-state index contributed by atoms with van der Waals surface area (Å²) in [5.74, 6) is -3.34. The number of imide groups is 1. The molecule has 33 heavy (non-hydrogen) atoms. The lowest BCUT2D eigenvalue weighted by atomic mass is 9.90. The minimum absolute atomic E-state index is 0.333. The van der Waals surface area contributed by atoms with E-state index in [2.05, 4.69) is 0 Å². The van der Waals surface area contributed by atoms with Gasteiger partial charge in [0.1, 0.15) is 11.7 Å². The molecule has 2 aliphatic rings. The highest BCUT2D eigenvalue weighted by molar-refractivity contribution is 6.23. The molecule has 3 atom stereocenters. The van der Waals surface area contributed by atoms with Crippen LogP contribution in [-0.2, 0) is 14.4 Å². The summed E-state index contributed by atoms with van der Waals surface area (Å²) in [5, 5.41) is 1.44. The van der Waals surface area contributed by atoms with E-state index >= 15 is 0 Å². The molecule has 2 amide bonds. The second-order valence-corrected chi connectivity index (χ2v) is 7.77. The lowest BCUT2D eigenvalue weighted by Crippen LogP contribution is -2.37. The average Bonchev–Trinajstić information content (AvgIpc) is 3.33. The average molecular weight is 450 g/mol. The molecule has 0 aliphatic carbocycles. The van der Waals surface area contributed by atoms with E-state index in [0.717, 1.165) is 17.0 Å². The van der Waals surface area contributed by atoms with Crippen LogP contribution in [0.15, 0.2) is 72.8 Å². The smallest absolute Gasteiger partial charge is 0.266 e. The first-order valence-electron chi connectivity index (χ1n) is 10.6. The summed E-state index contributed by atoms with van der Waals surface area (Å²) in [5.41, 5.74) is 1.32. The molecule has 8 heteroatoms. The molecular formula is C25H20F2N2O4. The number of hydrogen-bond acceptors (Lipinski definition) is 5. The van der Waals surface area contributed by atoms with E-state index in [0.29, 0.717) is 29.3 Å². The molecule has 2 saturated heterocycles. The van der Waals surface area contributed by atoms with Crippen LogP contribution >= 0.6 is 0 Å². The van der Waals surface area contributed by atoms with E-state index in [9.17, 15) is 18.4 Å². The Bertz CT molecular complexity index is 1200. The monoisotopic (exact) mass is 450 g/mol. The number of amides is 2. The molecule has 0 bridgehead atoms. The fourth-order valence-electron chi connectivity index (χ4n) is 4.36. The first-order chi connectivity index (χ1) is 16.0. The lowest BCUT2D eigenvalue weighted by molar-refractivity contribution is -0.126. The zero-order chi connectivity index (χ0) is 23.1. The number of hydrogen-bond donors (Lipinski definition) is 0. The Labute approximate surface area is 188 Å². The zero-order valence-electron chi connectivity index (χ0n) is 17.7. The van der Waals surface area contributed by atoms with E-state index in [1.165, 1.54) is 11.1 Å². The van der Waals surface area contributed by atoms with Gasteiger partial charge in [-0.25, -0.2) is 18.7 Å². The number of rotatable bonds is 5. The lowest BCUT2D eigenvalue weighted by Gasteiger charge is -2.28. The standard InChI is InChI=1S/C25H20F2N2O4/c1-2-32-18-11-9-16(10-12-18)28-24(30)21-22(15-8-13-19(26)20(27)14-15)29(33-23(21)25(28)31)17-6-4-3-5-7-17/h3-14,21-23H,2H2,1H3/t21-,22+,23+/m1/s1. The summed E-state index contributed by atoms with van der Waals surface area (Å²) >= 11 is 0. The van der Waals surface area contributed by atoms with Crippen molar-refractivity contribution in [3.63, 3.8) is 0 Å². The maximum atomic E-state index is 14.1. The molecule has 6 nitrogen and oxygen atoms in total. The third-order valence-electron chi connectivity index (χ3n) is 5.82. The van der Waals surface area contributed by atoms with Crippen molar-refractivity contribution in [1.29, 1.82) is 0 Å². The number of benzene rings is 3. The quantitative estimate of drug-likeness (QED) is 0.539. The van der Waals surface area contributed by atoms with Crippen LogP contribution in [-0.4, -0.2) is 24.5 Å². The number of hydroxylamine groups is 1. The van der Waals surface area contributed by atoms with Gasteiger partial charge in [-0.3, -0.25) is 14.4 Å². The third kappa shape index (κ3) is 3.52. The molecule has 3 aromatic carbocycles. The molecule has 5 rings (SSSR count). The summed E-state index contributed by atoms with van der Waals surface area (Å²) in [7, 11) is 0. The van der Waals surface area contributed by atoms with Crippen molar-refractivity contribution in [3.05, 3.63) is 90.0 Å². The van der Waals surface area contributed by atoms with Crippen LogP contribution in [0, 0.1) is 17.6 Å². The number of halogens is 2. The molecule has 0 spiro atoms. The van der Waals surface area contributed by atoms with Gasteiger partial charge < -0.3 is 4.74 Å². The van der Waals surface area contributed by atoms with Crippen molar-refractivity contribution in [2.75, 3.05) is 16.6 Å². The Morgan fingerprint density at radius 1 is 0.879 bits per heavy atom. The second-order valence-electron chi connectivity index (χ2n) is 7.77. The van der Waals surface area contributed by atoms with Gasteiger partial charge in [0.15, 0.2) is 17.7 Å². The maximum Gasteiger partial charge on any atom is 0.266 e. The maximum absolute atomic E-state index is 14.1. The number of nitrogens with zero attached hydrogens (tertiary/aromatic N) is 2. The summed E-state index contributed by atoms with van der Waals surface area (Å²) in [6.07, 6.45) is -1.10. The van der Waals surface area contributed by atoms with Crippen LogP contribution in [0.4, 0.5) is 20.2 Å². The third-order valence-corrected chi connectivity index (χ3v) is 5.82. The van der Waals surface area contributed by atoms with Crippen molar-refractivity contribution in [2.45, 2.75) is 19.1 Å². The van der Waals surface area contributed by atoms with Gasteiger partial charge in [0.2, 0.25) is 5.91 Å². The normalized spacial score (nSPS) is 22.1. The Morgan fingerprint density at radius 2 is 1.61 bits per heavy atom. The first-order valence-corrected chi connectivity index (χ1v) is 10.6. The van der Waals surface area contributed by atoms with Gasteiger partial charge in [0, 0.05) is 0 Å². The Morgan fingerprint density at radius 3 is 2.27 bits per heavy atom. The van der Waals surface area contributed by atoms with Crippen LogP contribution < -0.4 is 14.7 Å². The molecule has 168 valence electrons. The topological polar surface area (TPSA) is 59.1 Å². The van der Waals surface area contributed by atoms with Crippen LogP contribution in [0.1, 0.15) is 18.5 Å². The fourth-order valence-corrected chi connectivity index (χ4v) is 4.36. The van der Waals surface area contributed by atoms with E-state index in [-0.39, 0.29) is 0 Å². The first kappa shape index (κ1) is 21.1. The summed E-state index contributed by atoms with van der Waals surface area (Å²) in [6, 6.07) is 18.1. The predicted octanol–water partition coefficient (Wildman–Crippen LogP) is 4.41. The second kappa shape index (κ2) is 8.29.